The molecule has 1 unspecified atom stereocenters. The SMILES string of the molecule is CNc1nc(C)cn1CC1Cc2ccccc21. The zero-order valence-corrected chi connectivity index (χ0v) is 10.3. The van der Waals surface area contributed by atoms with Crippen molar-refractivity contribution in [2.75, 3.05) is 12.4 Å². The molecule has 0 radical (unpaired) electrons. The Morgan fingerprint density at radius 3 is 3.00 bits per heavy atom. The Labute approximate surface area is 101 Å². The van der Waals surface area contributed by atoms with Crippen LogP contribution < -0.4 is 5.32 Å². The lowest BCUT2D eigenvalue weighted by Gasteiger charge is -2.30. The number of nitrogens with zero attached hydrogens (tertiary/aromatic N) is 2. The second kappa shape index (κ2) is 3.91. The van der Waals surface area contributed by atoms with Gasteiger partial charge in [0.2, 0.25) is 5.95 Å². The Hall–Kier alpha value is -1.77. The molecule has 1 heterocycles. The zero-order chi connectivity index (χ0) is 11.8. The molecule has 1 aliphatic rings. The molecule has 0 aliphatic heterocycles. The molecule has 0 fully saturated rings. The average Bonchev–Trinajstić information content (AvgIpc) is 2.66. The molecular formula is C14H17N3. The van der Waals surface area contributed by atoms with Gasteiger partial charge in [-0.25, -0.2) is 4.98 Å². The van der Waals surface area contributed by atoms with E-state index in [1.165, 1.54) is 17.5 Å². The lowest BCUT2D eigenvalue weighted by molar-refractivity contribution is 0.512. The van der Waals surface area contributed by atoms with E-state index in [0.717, 1.165) is 18.2 Å². The fourth-order valence-electron chi connectivity index (χ4n) is 2.65. The number of hydrogen-bond acceptors (Lipinski definition) is 2. The Kier molecular flexibility index (Phi) is 2.39. The maximum atomic E-state index is 4.45. The van der Waals surface area contributed by atoms with Gasteiger partial charge in [-0.15, -0.1) is 0 Å². The molecule has 1 atom stereocenters. The zero-order valence-electron chi connectivity index (χ0n) is 10.3. The van der Waals surface area contributed by atoms with Crippen LogP contribution in [0.1, 0.15) is 22.7 Å². The van der Waals surface area contributed by atoms with Crippen molar-refractivity contribution >= 4 is 5.95 Å². The smallest absolute Gasteiger partial charge is 0.202 e. The maximum Gasteiger partial charge on any atom is 0.202 e. The number of benzene rings is 1. The number of nitrogens with one attached hydrogen (secondary N) is 1. The number of anilines is 1. The predicted molar refractivity (Wildman–Crippen MR) is 69.4 cm³/mol. The molecule has 0 spiro atoms. The third-order valence-corrected chi connectivity index (χ3v) is 3.50. The highest BCUT2D eigenvalue weighted by atomic mass is 15.2. The first-order chi connectivity index (χ1) is 8.28. The molecule has 1 aromatic heterocycles. The first-order valence-corrected chi connectivity index (χ1v) is 6.07. The predicted octanol–water partition coefficient (Wildman–Crippen LogP) is 2.57. The van der Waals surface area contributed by atoms with E-state index in [1.807, 2.05) is 14.0 Å². The number of imidazole rings is 1. The molecule has 17 heavy (non-hydrogen) atoms. The summed E-state index contributed by atoms with van der Waals surface area (Å²) < 4.78 is 2.22. The number of hydrogen-bond donors (Lipinski definition) is 1. The van der Waals surface area contributed by atoms with Crippen LogP contribution in [0.5, 0.6) is 0 Å². The first-order valence-electron chi connectivity index (χ1n) is 6.07. The van der Waals surface area contributed by atoms with Crippen LogP contribution in [-0.4, -0.2) is 16.6 Å². The molecular weight excluding hydrogens is 210 g/mol. The van der Waals surface area contributed by atoms with Gasteiger partial charge in [-0.3, -0.25) is 0 Å². The van der Waals surface area contributed by atoms with Crippen LogP contribution in [0, 0.1) is 6.92 Å². The standard InChI is InChI=1S/C14H17N3/c1-10-8-17(14(15-2)16-10)9-12-7-11-5-3-4-6-13(11)12/h3-6,8,12H,7,9H2,1-2H3,(H,15,16). The van der Waals surface area contributed by atoms with Crippen molar-refractivity contribution < 1.29 is 0 Å². The number of rotatable bonds is 3. The fraction of sp³-hybridized carbons (Fsp3) is 0.357. The van der Waals surface area contributed by atoms with Gasteiger partial charge in [0.05, 0.1) is 5.69 Å². The van der Waals surface area contributed by atoms with Gasteiger partial charge in [0.1, 0.15) is 0 Å². The Balaban J connectivity index is 1.81. The van der Waals surface area contributed by atoms with Crippen molar-refractivity contribution in [1.82, 2.24) is 9.55 Å². The lowest BCUT2D eigenvalue weighted by Crippen LogP contribution is -2.22. The van der Waals surface area contributed by atoms with Crippen LogP contribution in [0.4, 0.5) is 5.95 Å². The summed E-state index contributed by atoms with van der Waals surface area (Å²) in [4.78, 5) is 4.45. The molecule has 3 rings (SSSR count). The van der Waals surface area contributed by atoms with Crippen molar-refractivity contribution in [3.8, 4) is 0 Å². The van der Waals surface area contributed by atoms with Crippen LogP contribution in [-0.2, 0) is 13.0 Å². The van der Waals surface area contributed by atoms with Gasteiger partial charge in [-0.1, -0.05) is 24.3 Å². The third-order valence-electron chi connectivity index (χ3n) is 3.50. The molecule has 1 aromatic carbocycles. The van der Waals surface area contributed by atoms with Gasteiger partial charge < -0.3 is 9.88 Å². The van der Waals surface area contributed by atoms with Gasteiger partial charge in [0.25, 0.3) is 0 Å². The molecule has 0 amide bonds. The van der Waals surface area contributed by atoms with E-state index in [9.17, 15) is 0 Å². The summed E-state index contributed by atoms with van der Waals surface area (Å²) in [5.74, 6) is 1.61. The van der Waals surface area contributed by atoms with E-state index in [-0.39, 0.29) is 0 Å². The van der Waals surface area contributed by atoms with E-state index in [0.29, 0.717) is 5.92 Å². The summed E-state index contributed by atoms with van der Waals surface area (Å²) in [7, 11) is 1.92. The van der Waals surface area contributed by atoms with Gasteiger partial charge in [-0.2, -0.15) is 0 Å². The molecule has 0 saturated carbocycles. The highest BCUT2D eigenvalue weighted by Crippen LogP contribution is 2.36. The largest absolute Gasteiger partial charge is 0.359 e. The molecule has 3 heteroatoms. The molecule has 1 N–H and O–H groups in total. The highest BCUT2D eigenvalue weighted by Gasteiger charge is 2.26. The van der Waals surface area contributed by atoms with E-state index in [4.69, 9.17) is 0 Å². The van der Waals surface area contributed by atoms with Gasteiger partial charge in [-0.05, 0) is 24.5 Å². The molecule has 3 nitrogen and oxygen atoms in total. The van der Waals surface area contributed by atoms with Crippen LogP contribution in [0.2, 0.25) is 0 Å². The third kappa shape index (κ3) is 1.71. The minimum absolute atomic E-state index is 0.645. The quantitative estimate of drug-likeness (QED) is 0.873. The summed E-state index contributed by atoms with van der Waals surface area (Å²) in [6.07, 6.45) is 3.31. The maximum absolute atomic E-state index is 4.45. The van der Waals surface area contributed by atoms with Crippen molar-refractivity contribution in [2.45, 2.75) is 25.8 Å². The van der Waals surface area contributed by atoms with Crippen molar-refractivity contribution in [2.24, 2.45) is 0 Å². The first kappa shape index (κ1) is 10.4. The molecule has 0 bridgehead atoms. The fourth-order valence-corrected chi connectivity index (χ4v) is 2.65. The Morgan fingerprint density at radius 2 is 2.24 bits per heavy atom. The number of aromatic nitrogens is 2. The highest BCUT2D eigenvalue weighted by molar-refractivity contribution is 5.40. The van der Waals surface area contributed by atoms with Gasteiger partial charge in [0.15, 0.2) is 0 Å². The summed E-state index contributed by atoms with van der Waals surface area (Å²) in [5, 5.41) is 3.15. The summed E-state index contributed by atoms with van der Waals surface area (Å²) in [6.45, 7) is 3.06. The molecule has 0 saturated heterocycles. The second-order valence-electron chi connectivity index (χ2n) is 4.71. The van der Waals surface area contributed by atoms with Gasteiger partial charge >= 0.3 is 0 Å². The summed E-state index contributed by atoms with van der Waals surface area (Å²) >= 11 is 0. The van der Waals surface area contributed by atoms with E-state index >= 15 is 0 Å². The second-order valence-corrected chi connectivity index (χ2v) is 4.71. The van der Waals surface area contributed by atoms with E-state index in [2.05, 4.69) is 45.3 Å². The van der Waals surface area contributed by atoms with Crippen molar-refractivity contribution in [3.05, 3.63) is 47.3 Å². The average molecular weight is 227 g/mol. The van der Waals surface area contributed by atoms with E-state index < -0.39 is 0 Å². The van der Waals surface area contributed by atoms with Crippen LogP contribution in [0.15, 0.2) is 30.5 Å². The topological polar surface area (TPSA) is 29.9 Å². The van der Waals surface area contributed by atoms with E-state index in [1.54, 1.807) is 0 Å². The van der Waals surface area contributed by atoms with Crippen LogP contribution in [0.3, 0.4) is 0 Å². The number of aryl methyl sites for hydroxylation is 1. The van der Waals surface area contributed by atoms with Gasteiger partial charge in [0, 0.05) is 25.7 Å². The van der Waals surface area contributed by atoms with Crippen molar-refractivity contribution in [3.63, 3.8) is 0 Å². The molecule has 88 valence electrons. The number of fused-ring (bicyclic) bond motifs is 1. The minimum Gasteiger partial charge on any atom is -0.359 e. The van der Waals surface area contributed by atoms with Crippen molar-refractivity contribution in [1.29, 1.82) is 0 Å². The molecule has 2 aromatic rings. The Bertz CT molecular complexity index is 542. The summed E-state index contributed by atoms with van der Waals surface area (Å²) in [6, 6.07) is 8.72. The minimum atomic E-state index is 0.645. The lowest BCUT2D eigenvalue weighted by atomic mass is 9.77. The Morgan fingerprint density at radius 1 is 1.41 bits per heavy atom. The van der Waals surface area contributed by atoms with Crippen LogP contribution >= 0.6 is 0 Å². The van der Waals surface area contributed by atoms with Crippen LogP contribution in [0.25, 0.3) is 0 Å². The normalized spacial score (nSPS) is 17.4. The summed E-state index contributed by atoms with van der Waals surface area (Å²) in [5.41, 5.74) is 4.07. The monoisotopic (exact) mass is 227 g/mol. The molecule has 1 aliphatic carbocycles.